The van der Waals surface area contributed by atoms with E-state index in [-0.39, 0.29) is 23.9 Å². The molecule has 3 rings (SSSR count). The zero-order valence-corrected chi connectivity index (χ0v) is 16.4. The van der Waals surface area contributed by atoms with Gasteiger partial charge in [-0.25, -0.2) is 9.59 Å². The molecule has 2 unspecified atom stereocenters. The Morgan fingerprint density at radius 2 is 2.07 bits per heavy atom. The smallest absolute Gasteiger partial charge is 0.326 e. The molecule has 0 spiro atoms. The predicted octanol–water partition coefficient (Wildman–Crippen LogP) is 0.698. The van der Waals surface area contributed by atoms with E-state index in [0.717, 1.165) is 5.56 Å². The van der Waals surface area contributed by atoms with Gasteiger partial charge in [0.25, 0.3) is 0 Å². The average Bonchev–Trinajstić information content (AvgIpc) is 3.38. The number of aliphatic hydroxyl groups is 1. The molecule has 1 saturated heterocycles. The molecule has 6 N–H and O–H groups in total. The fourth-order valence-electron chi connectivity index (χ4n) is 3.31. The molecule has 30 heavy (non-hydrogen) atoms. The highest BCUT2D eigenvalue weighted by molar-refractivity contribution is 5.83. The lowest BCUT2D eigenvalue weighted by Gasteiger charge is -2.24. The van der Waals surface area contributed by atoms with Gasteiger partial charge in [-0.2, -0.15) is 4.98 Å². The number of aliphatic carboxylic acids is 1. The Bertz CT molecular complexity index is 884. The second-order valence-corrected chi connectivity index (χ2v) is 7.32. The first-order chi connectivity index (χ1) is 14.3. The summed E-state index contributed by atoms with van der Waals surface area (Å²) in [6, 6.07) is 3.33. The fraction of sp³-hybridized carbons (Fsp3) is 0.474. The fourth-order valence-corrected chi connectivity index (χ4v) is 3.31. The zero-order valence-electron chi connectivity index (χ0n) is 16.4. The Hall–Kier alpha value is -3.18. The summed E-state index contributed by atoms with van der Waals surface area (Å²) in [6.07, 6.45) is 0.338. The lowest BCUT2D eigenvalue weighted by atomic mass is 10.1. The summed E-state index contributed by atoms with van der Waals surface area (Å²) in [7, 11) is 0. The van der Waals surface area contributed by atoms with Crippen LogP contribution in [0.5, 0.6) is 5.75 Å². The molecule has 2 amide bonds. The molecule has 11 nitrogen and oxygen atoms in total. The third-order valence-electron chi connectivity index (χ3n) is 5.05. The van der Waals surface area contributed by atoms with Crippen molar-refractivity contribution in [3.05, 3.63) is 41.5 Å². The zero-order chi connectivity index (χ0) is 21.8. The van der Waals surface area contributed by atoms with E-state index < -0.39 is 36.2 Å². The molecule has 1 aromatic heterocycles. The first-order valence-corrected chi connectivity index (χ1v) is 9.61. The van der Waals surface area contributed by atoms with Crippen LogP contribution in [-0.4, -0.2) is 61.1 Å². The maximum Gasteiger partial charge on any atom is 0.326 e. The minimum atomic E-state index is -1.05. The predicted molar refractivity (Wildman–Crippen MR) is 103 cm³/mol. The van der Waals surface area contributed by atoms with Gasteiger partial charge in [-0.15, -0.1) is 0 Å². The van der Waals surface area contributed by atoms with Gasteiger partial charge < -0.3 is 35.8 Å². The van der Waals surface area contributed by atoms with Crippen molar-refractivity contribution in [2.45, 2.75) is 50.4 Å². The number of benzene rings is 1. The Morgan fingerprint density at radius 1 is 1.37 bits per heavy atom. The topological polar surface area (TPSA) is 175 Å². The van der Waals surface area contributed by atoms with Crippen LogP contribution < -0.4 is 11.1 Å². The van der Waals surface area contributed by atoms with Crippen molar-refractivity contribution >= 4 is 12.0 Å². The van der Waals surface area contributed by atoms with Crippen molar-refractivity contribution in [3.8, 4) is 5.75 Å². The number of amides is 2. The molecule has 0 bridgehead atoms. The number of aliphatic hydroxyl groups excluding tert-OH is 1. The summed E-state index contributed by atoms with van der Waals surface area (Å²) in [5.74, 6) is -0.785. The van der Waals surface area contributed by atoms with E-state index in [9.17, 15) is 24.9 Å². The van der Waals surface area contributed by atoms with Crippen LogP contribution in [0, 0.1) is 0 Å². The van der Waals surface area contributed by atoms with Gasteiger partial charge in [-0.3, -0.25) is 0 Å². The molecule has 1 aliphatic rings. The monoisotopic (exact) mass is 419 g/mol. The number of hydrogen-bond acceptors (Lipinski definition) is 8. The number of nitrogens with zero attached hydrogens (tertiary/aromatic N) is 3. The van der Waals surface area contributed by atoms with Crippen molar-refractivity contribution in [3.63, 3.8) is 0 Å². The van der Waals surface area contributed by atoms with E-state index in [4.69, 9.17) is 10.3 Å². The van der Waals surface area contributed by atoms with Crippen molar-refractivity contribution in [2.24, 2.45) is 5.73 Å². The highest BCUT2D eigenvalue weighted by Crippen LogP contribution is 2.23. The molecule has 2 aromatic rings. The molecular weight excluding hydrogens is 394 g/mol. The highest BCUT2D eigenvalue weighted by Gasteiger charge is 2.35. The second-order valence-electron chi connectivity index (χ2n) is 7.32. The van der Waals surface area contributed by atoms with Gasteiger partial charge in [0.1, 0.15) is 17.8 Å². The number of carbonyl (C=O) groups excluding carboxylic acids is 1. The number of hydrogen-bond donors (Lipinski definition) is 5. The third-order valence-corrected chi connectivity index (χ3v) is 5.05. The van der Waals surface area contributed by atoms with E-state index in [1.165, 1.54) is 24.0 Å². The molecular formula is C19H25N5O6. The van der Waals surface area contributed by atoms with Crippen LogP contribution in [0.1, 0.15) is 49.1 Å². The first-order valence-electron chi connectivity index (χ1n) is 9.61. The number of carboxylic acid groups (broad SMARTS) is 1. The first kappa shape index (κ1) is 21.5. The number of phenolic OH excluding ortho intramolecular Hbond substituents is 1. The van der Waals surface area contributed by atoms with Crippen LogP contribution in [0.4, 0.5) is 4.79 Å². The van der Waals surface area contributed by atoms with Gasteiger partial charge in [0.15, 0.2) is 5.82 Å². The van der Waals surface area contributed by atoms with Gasteiger partial charge in [0.2, 0.25) is 5.89 Å². The van der Waals surface area contributed by atoms with Crippen LogP contribution in [-0.2, 0) is 11.2 Å². The Kier molecular flexibility index (Phi) is 6.53. The van der Waals surface area contributed by atoms with Crippen LogP contribution in [0.3, 0.4) is 0 Å². The van der Waals surface area contributed by atoms with Crippen molar-refractivity contribution in [2.75, 3.05) is 6.54 Å². The van der Waals surface area contributed by atoms with Gasteiger partial charge in [0.05, 0.1) is 12.1 Å². The van der Waals surface area contributed by atoms with Crippen molar-refractivity contribution in [1.29, 1.82) is 0 Å². The number of rotatable bonds is 7. The number of likely N-dealkylation sites (tertiary alicyclic amines) is 1. The van der Waals surface area contributed by atoms with Gasteiger partial charge in [-0.05, 0) is 37.5 Å². The molecule has 1 aromatic carbocycles. The summed E-state index contributed by atoms with van der Waals surface area (Å²) in [5, 5.41) is 35.0. The molecule has 1 fully saturated rings. The largest absolute Gasteiger partial charge is 0.508 e. The summed E-state index contributed by atoms with van der Waals surface area (Å²) in [4.78, 5) is 29.7. The number of phenols is 1. The summed E-state index contributed by atoms with van der Waals surface area (Å²) in [5.41, 5.74) is 6.62. The van der Waals surface area contributed by atoms with E-state index in [2.05, 4.69) is 15.5 Å². The van der Waals surface area contributed by atoms with Crippen LogP contribution >= 0.6 is 0 Å². The number of nitrogens with one attached hydrogen (secondary N) is 1. The Balaban J connectivity index is 1.83. The number of urea groups is 1. The number of aromatic nitrogens is 2. The van der Waals surface area contributed by atoms with Gasteiger partial charge in [0, 0.05) is 13.0 Å². The minimum Gasteiger partial charge on any atom is -0.508 e. The van der Waals surface area contributed by atoms with Crippen LogP contribution in [0.2, 0.25) is 0 Å². The Morgan fingerprint density at radius 3 is 2.70 bits per heavy atom. The van der Waals surface area contributed by atoms with E-state index in [1.54, 1.807) is 12.1 Å². The number of nitrogens with two attached hydrogens (primary N) is 1. The average molecular weight is 419 g/mol. The number of carbonyl (C=O) groups is 2. The summed E-state index contributed by atoms with van der Waals surface area (Å²) >= 11 is 0. The standard InChI is InChI=1S/C19H25N5O6/c1-10(25)15(20)16-22-17(30-23-16)13(9-11-4-6-12(26)7-5-11)21-19(29)24-8-2-3-14(24)18(27)28/h4-7,10,13-15,25-26H,2-3,8-9,20H2,1H3,(H,21,29)(H,27,28)/t10?,13-,14?,15-/m0/s1. The van der Waals surface area contributed by atoms with E-state index >= 15 is 0 Å². The highest BCUT2D eigenvalue weighted by atomic mass is 16.5. The molecule has 162 valence electrons. The molecule has 1 aliphatic heterocycles. The van der Waals surface area contributed by atoms with Crippen molar-refractivity contribution < 1.29 is 29.4 Å². The third kappa shape index (κ3) is 4.86. The molecule has 0 aliphatic carbocycles. The molecule has 2 heterocycles. The SMILES string of the molecule is CC(O)[C@H](N)c1noc([C@H](Cc2ccc(O)cc2)NC(=O)N2CCCC2C(=O)O)n1. The summed E-state index contributed by atoms with van der Waals surface area (Å²) < 4.78 is 5.28. The minimum absolute atomic E-state index is 0.0774. The second kappa shape index (κ2) is 9.09. The number of aromatic hydroxyl groups is 1. The lowest BCUT2D eigenvalue weighted by Crippen LogP contribution is -2.47. The quantitative estimate of drug-likeness (QED) is 0.432. The normalized spacial score (nSPS) is 19.3. The molecule has 0 saturated carbocycles. The van der Waals surface area contributed by atoms with E-state index in [1.807, 2.05) is 0 Å². The number of carboxylic acids is 1. The van der Waals surface area contributed by atoms with Gasteiger partial charge >= 0.3 is 12.0 Å². The molecule has 0 radical (unpaired) electrons. The molecule has 11 heteroatoms. The van der Waals surface area contributed by atoms with Gasteiger partial charge in [-0.1, -0.05) is 17.3 Å². The Labute approximate surface area is 172 Å². The van der Waals surface area contributed by atoms with Crippen molar-refractivity contribution in [1.82, 2.24) is 20.4 Å². The maximum absolute atomic E-state index is 12.8. The molecule has 4 atom stereocenters. The lowest BCUT2D eigenvalue weighted by molar-refractivity contribution is -0.141. The van der Waals surface area contributed by atoms with Crippen LogP contribution in [0.25, 0.3) is 0 Å². The van der Waals surface area contributed by atoms with E-state index in [0.29, 0.717) is 19.4 Å². The van der Waals surface area contributed by atoms with Crippen LogP contribution in [0.15, 0.2) is 28.8 Å². The maximum atomic E-state index is 12.8. The summed E-state index contributed by atoms with van der Waals surface area (Å²) in [6.45, 7) is 1.83.